The summed E-state index contributed by atoms with van der Waals surface area (Å²) in [6.07, 6.45) is 1.21. The Morgan fingerprint density at radius 2 is 1.91 bits per heavy atom. The number of halogens is 3. The standard InChI is InChI=1S/C33H26ClF2N3O5/c1-33(29-9-7-20(34)16-37-29)43-28-5-3-2-4-22(28)31(44-33)23-15-24(35)19(12-25(23)36)14-30-38-26-8-6-18(32(40)41)13-27(26)39(30)17-21-10-11-42-21/h2-9,12-13,15-16,21,31H,10-11,14,17H2,1H3,(H,40,41)/t21-,31?,33?/m0/s1. The minimum Gasteiger partial charge on any atom is -0.478 e. The molecule has 1 fully saturated rings. The quantitative estimate of drug-likeness (QED) is 0.214. The fourth-order valence-electron chi connectivity index (χ4n) is 5.69. The second-order valence-electron chi connectivity index (χ2n) is 11.0. The molecule has 3 atom stereocenters. The van der Waals surface area contributed by atoms with Crippen molar-refractivity contribution in [3.63, 3.8) is 0 Å². The van der Waals surface area contributed by atoms with Gasteiger partial charge in [-0.3, -0.25) is 4.98 Å². The SMILES string of the molecule is CC1(c2ccc(Cl)cn2)Oc2ccccc2C(c2cc(F)c(Cc3nc4ccc(C(=O)O)cc4n3C[C@@H]3CCO3)cc2F)O1. The normalized spacial score (nSPS) is 21.0. The van der Waals surface area contributed by atoms with Crippen molar-refractivity contribution < 1.29 is 32.9 Å². The highest BCUT2D eigenvalue weighted by Crippen LogP contribution is 2.46. The van der Waals surface area contributed by atoms with Gasteiger partial charge in [0, 0.05) is 37.3 Å². The largest absolute Gasteiger partial charge is 0.478 e. The average Bonchev–Trinajstić information content (AvgIpc) is 3.32. The number of carboxylic acids is 1. The zero-order valence-corrected chi connectivity index (χ0v) is 24.2. The molecular weight excluding hydrogens is 592 g/mol. The maximum Gasteiger partial charge on any atom is 0.335 e. The maximum absolute atomic E-state index is 16.0. The van der Waals surface area contributed by atoms with Crippen LogP contribution in [0, 0.1) is 11.6 Å². The average molecular weight is 618 g/mol. The van der Waals surface area contributed by atoms with Gasteiger partial charge in [-0.1, -0.05) is 29.8 Å². The number of imidazole rings is 1. The fraction of sp³-hybridized carbons (Fsp3) is 0.242. The van der Waals surface area contributed by atoms with E-state index in [1.54, 1.807) is 55.5 Å². The van der Waals surface area contributed by atoms with Crippen LogP contribution >= 0.6 is 11.6 Å². The van der Waals surface area contributed by atoms with Gasteiger partial charge in [0.15, 0.2) is 0 Å². The number of hydrogen-bond donors (Lipinski definition) is 1. The van der Waals surface area contributed by atoms with Gasteiger partial charge in [-0.15, -0.1) is 0 Å². The zero-order valence-electron chi connectivity index (χ0n) is 23.5. The van der Waals surface area contributed by atoms with Crippen molar-refractivity contribution >= 4 is 28.6 Å². The molecule has 0 amide bonds. The second-order valence-corrected chi connectivity index (χ2v) is 11.5. The summed E-state index contributed by atoms with van der Waals surface area (Å²) in [5.74, 6) is -2.84. The van der Waals surface area contributed by atoms with Crippen molar-refractivity contribution in [1.82, 2.24) is 14.5 Å². The van der Waals surface area contributed by atoms with E-state index in [1.165, 1.54) is 12.3 Å². The first kappa shape index (κ1) is 28.4. The number of benzene rings is 3. The summed E-state index contributed by atoms with van der Waals surface area (Å²) in [4.78, 5) is 20.6. The van der Waals surface area contributed by atoms with Crippen LogP contribution < -0.4 is 4.74 Å². The predicted molar refractivity (Wildman–Crippen MR) is 157 cm³/mol. The van der Waals surface area contributed by atoms with Gasteiger partial charge in [-0.25, -0.2) is 18.6 Å². The smallest absolute Gasteiger partial charge is 0.335 e. The van der Waals surface area contributed by atoms with Crippen molar-refractivity contribution in [2.24, 2.45) is 0 Å². The Morgan fingerprint density at radius 1 is 1.09 bits per heavy atom. The lowest BCUT2D eigenvalue weighted by Crippen LogP contribution is -2.39. The summed E-state index contributed by atoms with van der Waals surface area (Å²) in [5.41, 5.74) is 2.32. The number of fused-ring (bicyclic) bond motifs is 2. The highest BCUT2D eigenvalue weighted by atomic mass is 35.5. The molecule has 1 saturated heterocycles. The number of rotatable bonds is 7. The predicted octanol–water partition coefficient (Wildman–Crippen LogP) is 6.81. The van der Waals surface area contributed by atoms with E-state index >= 15 is 8.78 Å². The van der Waals surface area contributed by atoms with E-state index in [0.29, 0.717) is 52.0 Å². The third kappa shape index (κ3) is 5.08. The summed E-state index contributed by atoms with van der Waals surface area (Å²) in [6.45, 7) is 2.72. The Bertz CT molecular complexity index is 1910. The lowest BCUT2D eigenvalue weighted by molar-refractivity contribution is -0.220. The molecule has 2 unspecified atom stereocenters. The molecule has 11 heteroatoms. The Balaban J connectivity index is 1.26. The third-order valence-corrected chi connectivity index (χ3v) is 8.32. The Morgan fingerprint density at radius 3 is 2.64 bits per heavy atom. The fourth-order valence-corrected chi connectivity index (χ4v) is 5.80. The number of carbonyl (C=O) groups is 1. The van der Waals surface area contributed by atoms with Crippen molar-refractivity contribution in [1.29, 1.82) is 0 Å². The van der Waals surface area contributed by atoms with Crippen LogP contribution in [0.2, 0.25) is 5.02 Å². The molecule has 5 aromatic rings. The molecule has 0 saturated carbocycles. The Hall–Kier alpha value is -4.38. The molecule has 2 aromatic heterocycles. The number of pyridine rings is 1. The minimum atomic E-state index is -1.41. The third-order valence-electron chi connectivity index (χ3n) is 8.09. The van der Waals surface area contributed by atoms with Gasteiger partial charge in [-0.2, -0.15) is 0 Å². The van der Waals surface area contributed by atoms with Crippen LogP contribution in [0.1, 0.15) is 58.0 Å². The van der Waals surface area contributed by atoms with Gasteiger partial charge in [-0.05, 0) is 60.5 Å². The van der Waals surface area contributed by atoms with Crippen LogP contribution in [-0.2, 0) is 28.2 Å². The van der Waals surface area contributed by atoms with Gasteiger partial charge in [0.1, 0.15) is 35.0 Å². The molecule has 44 heavy (non-hydrogen) atoms. The molecule has 0 aliphatic carbocycles. The van der Waals surface area contributed by atoms with E-state index < -0.39 is 29.5 Å². The van der Waals surface area contributed by atoms with Crippen LogP contribution in [0.4, 0.5) is 8.78 Å². The molecule has 0 radical (unpaired) electrons. The molecule has 2 aliphatic rings. The first-order chi connectivity index (χ1) is 21.2. The molecule has 0 spiro atoms. The summed E-state index contributed by atoms with van der Waals surface area (Å²) >= 11 is 6.03. The van der Waals surface area contributed by atoms with Crippen molar-refractivity contribution in [3.8, 4) is 5.75 Å². The summed E-state index contributed by atoms with van der Waals surface area (Å²) in [5, 5.41) is 9.95. The Labute approximate surface area is 255 Å². The molecule has 7 rings (SSSR count). The zero-order chi connectivity index (χ0) is 30.6. The number of para-hydroxylation sites is 1. The van der Waals surface area contributed by atoms with Crippen LogP contribution in [0.3, 0.4) is 0 Å². The molecule has 8 nitrogen and oxygen atoms in total. The highest BCUT2D eigenvalue weighted by Gasteiger charge is 2.42. The molecular formula is C33H26ClF2N3O5. The number of ether oxygens (including phenoxy) is 3. The summed E-state index contributed by atoms with van der Waals surface area (Å²) in [6, 6.07) is 17.3. The van der Waals surface area contributed by atoms with Crippen molar-refractivity contribution in [2.45, 2.75) is 44.3 Å². The summed E-state index contributed by atoms with van der Waals surface area (Å²) < 4.78 is 51.9. The van der Waals surface area contributed by atoms with E-state index in [0.717, 1.165) is 18.6 Å². The van der Waals surface area contributed by atoms with E-state index in [1.807, 2.05) is 4.57 Å². The van der Waals surface area contributed by atoms with Crippen LogP contribution in [0.15, 0.2) is 72.9 Å². The number of aromatic nitrogens is 3. The van der Waals surface area contributed by atoms with E-state index in [2.05, 4.69) is 9.97 Å². The lowest BCUT2D eigenvalue weighted by Gasteiger charge is -2.39. The van der Waals surface area contributed by atoms with Crippen LogP contribution in [0.5, 0.6) is 5.75 Å². The van der Waals surface area contributed by atoms with Gasteiger partial charge < -0.3 is 23.9 Å². The van der Waals surface area contributed by atoms with E-state index in [-0.39, 0.29) is 29.2 Å². The van der Waals surface area contributed by atoms with Gasteiger partial charge >= 0.3 is 5.97 Å². The number of carboxylic acid groups (broad SMARTS) is 1. The topological polar surface area (TPSA) is 95.7 Å². The second kappa shape index (κ2) is 11.0. The van der Waals surface area contributed by atoms with Crippen molar-refractivity contribution in [3.05, 3.63) is 123 Å². The highest BCUT2D eigenvalue weighted by molar-refractivity contribution is 6.30. The molecule has 3 aromatic carbocycles. The number of aromatic carboxylic acids is 1. The maximum atomic E-state index is 16.0. The van der Waals surface area contributed by atoms with Crippen LogP contribution in [0.25, 0.3) is 11.0 Å². The first-order valence-corrected chi connectivity index (χ1v) is 14.5. The molecule has 4 heterocycles. The van der Waals surface area contributed by atoms with Crippen molar-refractivity contribution in [2.75, 3.05) is 6.61 Å². The van der Waals surface area contributed by atoms with E-state index in [4.69, 9.17) is 25.8 Å². The molecule has 224 valence electrons. The van der Waals surface area contributed by atoms with Gasteiger partial charge in [0.25, 0.3) is 5.79 Å². The van der Waals surface area contributed by atoms with Gasteiger partial charge in [0.05, 0.1) is 34.3 Å². The number of hydrogen-bond acceptors (Lipinski definition) is 6. The number of nitrogens with zero attached hydrogens (tertiary/aromatic N) is 3. The molecule has 2 aliphatic heterocycles. The van der Waals surface area contributed by atoms with Gasteiger partial charge in [0.2, 0.25) is 0 Å². The molecule has 0 bridgehead atoms. The lowest BCUT2D eigenvalue weighted by atomic mass is 9.95. The monoisotopic (exact) mass is 617 g/mol. The minimum absolute atomic E-state index is 0.00431. The summed E-state index contributed by atoms with van der Waals surface area (Å²) in [7, 11) is 0. The molecule has 1 N–H and O–H groups in total. The van der Waals surface area contributed by atoms with E-state index in [9.17, 15) is 9.90 Å². The first-order valence-electron chi connectivity index (χ1n) is 14.1. The Kier molecular flexibility index (Phi) is 7.07. The van der Waals surface area contributed by atoms with Crippen LogP contribution in [-0.4, -0.2) is 38.3 Å².